The normalized spacial score (nSPS) is 28.0. The Bertz CT molecular complexity index is 532. The van der Waals surface area contributed by atoms with Crippen molar-refractivity contribution in [3.8, 4) is 5.88 Å². The van der Waals surface area contributed by atoms with Crippen LogP contribution in [0.5, 0.6) is 5.88 Å². The molecule has 1 saturated heterocycles. The van der Waals surface area contributed by atoms with Crippen molar-refractivity contribution in [3.05, 3.63) is 23.9 Å². The standard InChI is InChI=1S/C16H23N3O2/c1-10(2)21-15-5-3-4-14(18-15)16(20)19-8-11-6-7-13(17)12(11)9-19/h3-5,10-13H,6-9,17H2,1-2H3. The summed E-state index contributed by atoms with van der Waals surface area (Å²) in [6, 6.07) is 5.60. The topological polar surface area (TPSA) is 68.5 Å². The number of likely N-dealkylation sites (tertiary alicyclic amines) is 1. The first-order valence-corrected chi connectivity index (χ1v) is 7.73. The Morgan fingerprint density at radius 3 is 2.90 bits per heavy atom. The van der Waals surface area contributed by atoms with E-state index < -0.39 is 0 Å². The molecule has 0 bridgehead atoms. The molecule has 3 unspecified atom stereocenters. The van der Waals surface area contributed by atoms with Gasteiger partial charge in [-0.25, -0.2) is 4.98 Å². The molecular formula is C16H23N3O2. The molecule has 0 aromatic carbocycles. The molecule has 5 heteroatoms. The van der Waals surface area contributed by atoms with E-state index in [1.165, 1.54) is 0 Å². The molecule has 0 radical (unpaired) electrons. The Hall–Kier alpha value is -1.62. The minimum absolute atomic E-state index is 0.00851. The molecular weight excluding hydrogens is 266 g/mol. The van der Waals surface area contributed by atoms with E-state index in [0.717, 1.165) is 25.9 Å². The lowest BCUT2D eigenvalue weighted by atomic mass is 9.98. The van der Waals surface area contributed by atoms with Crippen LogP contribution in [-0.4, -0.2) is 41.0 Å². The van der Waals surface area contributed by atoms with Crippen LogP contribution in [0.15, 0.2) is 18.2 Å². The number of pyridine rings is 1. The third kappa shape index (κ3) is 2.88. The van der Waals surface area contributed by atoms with Crippen LogP contribution < -0.4 is 10.5 Å². The van der Waals surface area contributed by atoms with Crippen LogP contribution in [0.4, 0.5) is 0 Å². The van der Waals surface area contributed by atoms with Crippen molar-refractivity contribution >= 4 is 5.91 Å². The van der Waals surface area contributed by atoms with E-state index in [-0.39, 0.29) is 18.1 Å². The number of aromatic nitrogens is 1. The molecule has 21 heavy (non-hydrogen) atoms. The summed E-state index contributed by atoms with van der Waals surface area (Å²) in [6.45, 7) is 5.47. The molecule has 1 aromatic rings. The van der Waals surface area contributed by atoms with Gasteiger partial charge in [-0.05, 0) is 44.6 Å². The number of amides is 1. The number of ether oxygens (including phenoxy) is 1. The maximum absolute atomic E-state index is 12.6. The van der Waals surface area contributed by atoms with Crippen LogP contribution in [0.3, 0.4) is 0 Å². The van der Waals surface area contributed by atoms with E-state index in [4.69, 9.17) is 10.5 Å². The van der Waals surface area contributed by atoms with E-state index in [9.17, 15) is 4.79 Å². The zero-order chi connectivity index (χ0) is 15.0. The van der Waals surface area contributed by atoms with Crippen molar-refractivity contribution in [2.24, 2.45) is 17.6 Å². The smallest absolute Gasteiger partial charge is 0.272 e. The highest BCUT2D eigenvalue weighted by Gasteiger charge is 2.42. The van der Waals surface area contributed by atoms with Gasteiger partial charge in [0.25, 0.3) is 5.91 Å². The van der Waals surface area contributed by atoms with Crippen molar-refractivity contribution < 1.29 is 9.53 Å². The highest BCUT2D eigenvalue weighted by Crippen LogP contribution is 2.37. The summed E-state index contributed by atoms with van der Waals surface area (Å²) < 4.78 is 5.56. The second-order valence-electron chi connectivity index (χ2n) is 6.40. The van der Waals surface area contributed by atoms with Gasteiger partial charge < -0.3 is 15.4 Å². The van der Waals surface area contributed by atoms with E-state index in [1.54, 1.807) is 12.1 Å². The van der Waals surface area contributed by atoms with Crippen LogP contribution in [-0.2, 0) is 0 Å². The lowest BCUT2D eigenvalue weighted by molar-refractivity contribution is 0.0772. The van der Waals surface area contributed by atoms with E-state index in [2.05, 4.69) is 4.98 Å². The first kappa shape index (κ1) is 14.3. The van der Waals surface area contributed by atoms with Crippen LogP contribution in [0.25, 0.3) is 0 Å². The summed E-state index contributed by atoms with van der Waals surface area (Å²) >= 11 is 0. The molecule has 1 saturated carbocycles. The number of carbonyl (C=O) groups excluding carboxylic acids is 1. The minimum atomic E-state index is -0.00851. The summed E-state index contributed by atoms with van der Waals surface area (Å²) in [6.07, 6.45) is 2.28. The van der Waals surface area contributed by atoms with Gasteiger partial charge in [0.05, 0.1) is 6.10 Å². The first-order chi connectivity index (χ1) is 10.0. The van der Waals surface area contributed by atoms with Crippen LogP contribution >= 0.6 is 0 Å². The zero-order valence-corrected chi connectivity index (χ0v) is 12.7. The van der Waals surface area contributed by atoms with Gasteiger partial charge in [0.2, 0.25) is 5.88 Å². The van der Waals surface area contributed by atoms with Gasteiger partial charge >= 0.3 is 0 Å². The van der Waals surface area contributed by atoms with Gasteiger partial charge in [0.1, 0.15) is 5.69 Å². The highest BCUT2D eigenvalue weighted by atomic mass is 16.5. The summed E-state index contributed by atoms with van der Waals surface area (Å²) in [5.74, 6) is 1.53. The van der Waals surface area contributed by atoms with E-state index in [1.807, 2.05) is 24.8 Å². The van der Waals surface area contributed by atoms with E-state index >= 15 is 0 Å². The van der Waals surface area contributed by atoms with Gasteiger partial charge in [0, 0.05) is 25.2 Å². The molecule has 5 nitrogen and oxygen atoms in total. The second kappa shape index (κ2) is 5.64. The molecule has 2 N–H and O–H groups in total. The molecule has 3 atom stereocenters. The molecule has 3 rings (SSSR count). The van der Waals surface area contributed by atoms with Crippen molar-refractivity contribution in [2.75, 3.05) is 13.1 Å². The number of fused-ring (bicyclic) bond motifs is 1. The number of carbonyl (C=O) groups is 1. The van der Waals surface area contributed by atoms with Gasteiger partial charge in [-0.3, -0.25) is 4.79 Å². The van der Waals surface area contributed by atoms with Crippen LogP contribution in [0.1, 0.15) is 37.2 Å². The van der Waals surface area contributed by atoms with Gasteiger partial charge in [0.15, 0.2) is 0 Å². The predicted molar refractivity (Wildman–Crippen MR) is 80.1 cm³/mol. The van der Waals surface area contributed by atoms with Crippen molar-refractivity contribution in [3.63, 3.8) is 0 Å². The second-order valence-corrected chi connectivity index (χ2v) is 6.40. The summed E-state index contributed by atoms with van der Waals surface area (Å²) in [5.41, 5.74) is 6.59. The zero-order valence-electron chi connectivity index (χ0n) is 12.7. The van der Waals surface area contributed by atoms with Gasteiger partial charge in [-0.2, -0.15) is 0 Å². The molecule has 0 spiro atoms. The molecule has 2 heterocycles. The lowest BCUT2D eigenvalue weighted by Crippen LogP contribution is -2.33. The number of nitrogens with zero attached hydrogens (tertiary/aromatic N) is 2. The Balaban J connectivity index is 1.71. The summed E-state index contributed by atoms with van der Waals surface area (Å²) in [4.78, 5) is 18.8. The minimum Gasteiger partial charge on any atom is -0.475 e. The Labute approximate surface area is 125 Å². The third-order valence-electron chi connectivity index (χ3n) is 4.50. The molecule has 2 aliphatic rings. The number of hydrogen-bond acceptors (Lipinski definition) is 4. The monoisotopic (exact) mass is 289 g/mol. The fourth-order valence-corrected chi connectivity index (χ4v) is 3.48. The SMILES string of the molecule is CC(C)Oc1cccc(C(=O)N2CC3CCC(N)C3C2)n1. The predicted octanol–water partition coefficient (Wildman–Crippen LogP) is 1.68. The maximum Gasteiger partial charge on any atom is 0.272 e. The summed E-state index contributed by atoms with van der Waals surface area (Å²) in [7, 11) is 0. The summed E-state index contributed by atoms with van der Waals surface area (Å²) in [5, 5.41) is 0. The van der Waals surface area contributed by atoms with E-state index in [0.29, 0.717) is 23.4 Å². The molecule has 2 fully saturated rings. The fraction of sp³-hybridized carbons (Fsp3) is 0.625. The van der Waals surface area contributed by atoms with Crippen LogP contribution in [0, 0.1) is 11.8 Å². The Kier molecular flexibility index (Phi) is 3.85. The average Bonchev–Trinajstić information content (AvgIpc) is 3.00. The third-order valence-corrected chi connectivity index (χ3v) is 4.50. The van der Waals surface area contributed by atoms with Crippen LogP contribution in [0.2, 0.25) is 0 Å². The number of rotatable bonds is 3. The molecule has 1 amide bonds. The maximum atomic E-state index is 12.6. The number of nitrogens with two attached hydrogens (primary N) is 1. The largest absolute Gasteiger partial charge is 0.475 e. The van der Waals surface area contributed by atoms with Gasteiger partial charge in [-0.1, -0.05) is 6.07 Å². The molecule has 1 aromatic heterocycles. The number of hydrogen-bond donors (Lipinski definition) is 1. The van der Waals surface area contributed by atoms with Crippen molar-refractivity contribution in [1.82, 2.24) is 9.88 Å². The Morgan fingerprint density at radius 2 is 2.19 bits per heavy atom. The fourth-order valence-electron chi connectivity index (χ4n) is 3.48. The molecule has 114 valence electrons. The molecule has 1 aliphatic heterocycles. The highest BCUT2D eigenvalue weighted by molar-refractivity contribution is 5.92. The Morgan fingerprint density at radius 1 is 1.38 bits per heavy atom. The average molecular weight is 289 g/mol. The first-order valence-electron chi connectivity index (χ1n) is 7.73. The van der Waals surface area contributed by atoms with Crippen molar-refractivity contribution in [1.29, 1.82) is 0 Å². The van der Waals surface area contributed by atoms with Gasteiger partial charge in [-0.15, -0.1) is 0 Å². The molecule has 1 aliphatic carbocycles. The lowest BCUT2D eigenvalue weighted by Gasteiger charge is -2.18. The quantitative estimate of drug-likeness (QED) is 0.919. The van der Waals surface area contributed by atoms with Crippen molar-refractivity contribution in [2.45, 2.75) is 38.8 Å².